The molecule has 1 fully saturated rings. The van der Waals surface area contributed by atoms with Gasteiger partial charge in [-0.25, -0.2) is 4.79 Å². The predicted molar refractivity (Wildman–Crippen MR) is 60.6 cm³/mol. The third-order valence-electron chi connectivity index (χ3n) is 2.64. The van der Waals surface area contributed by atoms with Gasteiger partial charge in [0.05, 0.1) is 12.7 Å². The highest BCUT2D eigenvalue weighted by Gasteiger charge is 2.18. The molecule has 1 saturated heterocycles. The fraction of sp³-hybridized carbons (Fsp3) is 0.667. The number of nitrogens with zero attached hydrogens (tertiary/aromatic N) is 1. The van der Waals surface area contributed by atoms with Crippen LogP contribution < -0.4 is 0 Å². The van der Waals surface area contributed by atoms with Gasteiger partial charge in [-0.15, -0.1) is 0 Å². The standard InChI is InChI=1S/C12H19NO3/c1-3-6-10(12(15)16-2)9-13-8-5-4-7-11(13)14/h9H,3-8H2,1-2H3/b10-9+. The van der Waals surface area contributed by atoms with Crippen LogP contribution in [0.5, 0.6) is 0 Å². The monoisotopic (exact) mass is 225 g/mol. The third-order valence-corrected chi connectivity index (χ3v) is 2.64. The highest BCUT2D eigenvalue weighted by atomic mass is 16.5. The average Bonchev–Trinajstić information content (AvgIpc) is 2.30. The normalized spacial score (nSPS) is 17.5. The van der Waals surface area contributed by atoms with Crippen molar-refractivity contribution >= 4 is 11.9 Å². The van der Waals surface area contributed by atoms with Crippen molar-refractivity contribution in [2.75, 3.05) is 13.7 Å². The van der Waals surface area contributed by atoms with E-state index in [1.165, 1.54) is 7.11 Å². The van der Waals surface area contributed by atoms with Gasteiger partial charge in [0.1, 0.15) is 0 Å². The van der Waals surface area contributed by atoms with E-state index in [0.717, 1.165) is 19.3 Å². The third kappa shape index (κ3) is 3.36. The highest BCUT2D eigenvalue weighted by molar-refractivity contribution is 5.89. The first-order valence-corrected chi connectivity index (χ1v) is 5.77. The van der Waals surface area contributed by atoms with Gasteiger partial charge in [0.2, 0.25) is 5.91 Å². The summed E-state index contributed by atoms with van der Waals surface area (Å²) in [5.74, 6) is -0.232. The predicted octanol–water partition coefficient (Wildman–Crippen LogP) is 1.86. The van der Waals surface area contributed by atoms with Crippen LogP contribution in [0.3, 0.4) is 0 Å². The van der Waals surface area contributed by atoms with Crippen molar-refractivity contribution in [3.63, 3.8) is 0 Å². The maximum absolute atomic E-state index is 11.6. The first-order valence-electron chi connectivity index (χ1n) is 5.77. The second kappa shape index (κ2) is 6.30. The molecular formula is C12H19NO3. The quantitative estimate of drug-likeness (QED) is 0.542. The molecule has 1 heterocycles. The smallest absolute Gasteiger partial charge is 0.335 e. The van der Waals surface area contributed by atoms with Crippen LogP contribution in [0.1, 0.15) is 39.0 Å². The van der Waals surface area contributed by atoms with Crippen LogP contribution >= 0.6 is 0 Å². The lowest BCUT2D eigenvalue weighted by Crippen LogP contribution is -2.31. The average molecular weight is 225 g/mol. The van der Waals surface area contributed by atoms with Gasteiger partial charge in [-0.3, -0.25) is 4.79 Å². The molecule has 0 aromatic heterocycles. The topological polar surface area (TPSA) is 46.6 Å². The highest BCUT2D eigenvalue weighted by Crippen LogP contribution is 2.15. The first kappa shape index (κ1) is 12.7. The molecule has 4 nitrogen and oxygen atoms in total. The molecule has 0 saturated carbocycles. The summed E-state index contributed by atoms with van der Waals surface area (Å²) in [6.07, 6.45) is 5.71. The summed E-state index contributed by atoms with van der Waals surface area (Å²) >= 11 is 0. The van der Waals surface area contributed by atoms with Crippen LogP contribution in [0.2, 0.25) is 0 Å². The lowest BCUT2D eigenvalue weighted by Gasteiger charge is -2.24. The molecule has 0 radical (unpaired) electrons. The number of piperidine rings is 1. The number of carbonyl (C=O) groups excluding carboxylic acids is 2. The van der Waals surface area contributed by atoms with Crippen LogP contribution in [-0.4, -0.2) is 30.4 Å². The van der Waals surface area contributed by atoms with E-state index < -0.39 is 0 Å². The van der Waals surface area contributed by atoms with Gasteiger partial charge in [0.25, 0.3) is 0 Å². The largest absolute Gasteiger partial charge is 0.466 e. The van der Waals surface area contributed by atoms with Crippen molar-refractivity contribution in [2.45, 2.75) is 39.0 Å². The number of amides is 1. The number of ether oxygens (including phenoxy) is 1. The fourth-order valence-electron chi connectivity index (χ4n) is 1.77. The molecule has 1 aliphatic rings. The molecule has 4 heteroatoms. The summed E-state index contributed by atoms with van der Waals surface area (Å²) in [6, 6.07) is 0. The zero-order valence-electron chi connectivity index (χ0n) is 9.99. The Kier molecular flexibility index (Phi) is 5.02. The molecule has 0 atom stereocenters. The van der Waals surface area contributed by atoms with Crippen molar-refractivity contribution in [2.24, 2.45) is 0 Å². The van der Waals surface area contributed by atoms with E-state index in [0.29, 0.717) is 25.0 Å². The summed E-state index contributed by atoms with van der Waals surface area (Å²) in [7, 11) is 1.36. The second-order valence-electron chi connectivity index (χ2n) is 3.94. The van der Waals surface area contributed by atoms with Gasteiger partial charge in [-0.2, -0.15) is 0 Å². The van der Waals surface area contributed by atoms with Crippen molar-refractivity contribution in [1.29, 1.82) is 0 Å². The minimum atomic E-state index is -0.333. The Morgan fingerprint density at radius 1 is 1.50 bits per heavy atom. The van der Waals surface area contributed by atoms with Crippen LogP contribution in [0.15, 0.2) is 11.8 Å². The van der Waals surface area contributed by atoms with E-state index in [2.05, 4.69) is 0 Å². The number of likely N-dealkylation sites (tertiary alicyclic amines) is 1. The van der Waals surface area contributed by atoms with Gasteiger partial charge in [0.15, 0.2) is 0 Å². The van der Waals surface area contributed by atoms with E-state index in [9.17, 15) is 9.59 Å². The molecule has 1 aliphatic heterocycles. The molecule has 0 spiro atoms. The molecule has 0 aromatic rings. The van der Waals surface area contributed by atoms with E-state index in [4.69, 9.17) is 4.74 Å². The maximum Gasteiger partial charge on any atom is 0.335 e. The van der Waals surface area contributed by atoms with E-state index in [1.807, 2.05) is 6.92 Å². The van der Waals surface area contributed by atoms with Gasteiger partial charge in [0, 0.05) is 19.2 Å². The zero-order valence-corrected chi connectivity index (χ0v) is 9.99. The second-order valence-corrected chi connectivity index (χ2v) is 3.94. The first-order chi connectivity index (χ1) is 7.69. The Labute approximate surface area is 96.3 Å². The minimum absolute atomic E-state index is 0.101. The van der Waals surface area contributed by atoms with Crippen LogP contribution in [0, 0.1) is 0 Å². The van der Waals surface area contributed by atoms with E-state index in [1.54, 1.807) is 11.1 Å². The number of rotatable bonds is 4. The molecule has 16 heavy (non-hydrogen) atoms. The summed E-state index contributed by atoms with van der Waals surface area (Å²) in [5.41, 5.74) is 0.584. The van der Waals surface area contributed by atoms with E-state index >= 15 is 0 Å². The van der Waals surface area contributed by atoms with Gasteiger partial charge in [-0.1, -0.05) is 13.3 Å². The minimum Gasteiger partial charge on any atom is -0.466 e. The van der Waals surface area contributed by atoms with Crippen molar-refractivity contribution in [3.8, 4) is 0 Å². The lowest BCUT2D eigenvalue weighted by atomic mass is 10.1. The Hall–Kier alpha value is -1.32. The van der Waals surface area contributed by atoms with Gasteiger partial charge < -0.3 is 9.64 Å². The van der Waals surface area contributed by atoms with Crippen molar-refractivity contribution in [3.05, 3.63) is 11.8 Å². The Bertz CT molecular complexity index is 297. The summed E-state index contributed by atoms with van der Waals surface area (Å²) in [6.45, 7) is 2.71. The molecule has 0 bridgehead atoms. The zero-order chi connectivity index (χ0) is 12.0. The van der Waals surface area contributed by atoms with Gasteiger partial charge in [-0.05, 0) is 19.3 Å². The summed E-state index contributed by atoms with van der Waals surface area (Å²) in [4.78, 5) is 24.7. The number of hydrogen-bond donors (Lipinski definition) is 0. The number of hydrogen-bond acceptors (Lipinski definition) is 3. The molecule has 1 rings (SSSR count). The van der Waals surface area contributed by atoms with Crippen LogP contribution in [0.4, 0.5) is 0 Å². The number of esters is 1. The van der Waals surface area contributed by atoms with Crippen LogP contribution in [0.25, 0.3) is 0 Å². The SMILES string of the molecule is CCC/C(=C\N1CCCCC1=O)C(=O)OC. The maximum atomic E-state index is 11.6. The van der Waals surface area contributed by atoms with E-state index in [-0.39, 0.29) is 11.9 Å². The molecule has 90 valence electrons. The summed E-state index contributed by atoms with van der Waals surface area (Å²) < 4.78 is 4.70. The Morgan fingerprint density at radius 2 is 2.25 bits per heavy atom. The molecule has 0 N–H and O–H groups in total. The summed E-state index contributed by atoms with van der Waals surface area (Å²) in [5, 5.41) is 0. The fourth-order valence-corrected chi connectivity index (χ4v) is 1.77. The molecule has 0 aromatic carbocycles. The molecule has 1 amide bonds. The number of carbonyl (C=O) groups is 2. The molecule has 0 aliphatic carbocycles. The van der Waals surface area contributed by atoms with Crippen molar-refractivity contribution in [1.82, 2.24) is 4.90 Å². The molecule has 0 unspecified atom stereocenters. The Morgan fingerprint density at radius 3 is 2.81 bits per heavy atom. The van der Waals surface area contributed by atoms with Crippen LogP contribution in [-0.2, 0) is 14.3 Å². The molecular weight excluding hydrogens is 206 g/mol. The lowest BCUT2D eigenvalue weighted by molar-refractivity contribution is -0.136. The van der Waals surface area contributed by atoms with Crippen molar-refractivity contribution < 1.29 is 14.3 Å². The van der Waals surface area contributed by atoms with Gasteiger partial charge >= 0.3 is 5.97 Å². The number of methoxy groups -OCH3 is 1. The Balaban J connectivity index is 2.74.